The van der Waals surface area contributed by atoms with Gasteiger partial charge in [0.2, 0.25) is 0 Å². The Bertz CT molecular complexity index is 343. The molecule has 0 aliphatic heterocycles. The average molecular weight is 206 g/mol. The largest absolute Gasteiger partial charge is 0.396 e. The van der Waals surface area contributed by atoms with Crippen molar-refractivity contribution in [3.05, 3.63) is 18.1 Å². The molecule has 0 fully saturated rings. The van der Waals surface area contributed by atoms with E-state index in [1.54, 1.807) is 0 Å². The molecule has 0 aliphatic carbocycles. The van der Waals surface area contributed by atoms with E-state index < -0.39 is 0 Å². The molecule has 0 aliphatic rings. The smallest absolute Gasteiger partial charge is 0.158 e. The van der Waals surface area contributed by atoms with Gasteiger partial charge in [0.15, 0.2) is 5.69 Å². The first-order valence-electron chi connectivity index (χ1n) is 4.77. The quantitative estimate of drug-likeness (QED) is 0.760. The van der Waals surface area contributed by atoms with E-state index in [1.165, 1.54) is 12.4 Å². The van der Waals surface area contributed by atoms with Gasteiger partial charge < -0.3 is 10.4 Å². The maximum atomic E-state index is 8.95. The standard InChI is InChI=1S/C10H14N4O/c1-7(6-15)8(2)14-10-5-12-9(3-11)4-13-10/h4-5,7-8,15H,6H2,1-2H3,(H,13,14). The predicted octanol–water partition coefficient (Wildman–Crippen LogP) is 0.777. The lowest BCUT2D eigenvalue weighted by atomic mass is 10.1. The van der Waals surface area contributed by atoms with Crippen LogP contribution in [0.3, 0.4) is 0 Å². The van der Waals surface area contributed by atoms with Crippen molar-refractivity contribution in [2.24, 2.45) is 5.92 Å². The van der Waals surface area contributed by atoms with Gasteiger partial charge >= 0.3 is 0 Å². The van der Waals surface area contributed by atoms with Crippen LogP contribution in [0, 0.1) is 17.2 Å². The zero-order valence-electron chi connectivity index (χ0n) is 8.81. The molecule has 80 valence electrons. The van der Waals surface area contributed by atoms with Gasteiger partial charge in [-0.3, -0.25) is 0 Å². The fourth-order valence-corrected chi connectivity index (χ4v) is 0.994. The summed E-state index contributed by atoms with van der Waals surface area (Å²) >= 11 is 0. The van der Waals surface area contributed by atoms with E-state index in [0.29, 0.717) is 11.5 Å². The van der Waals surface area contributed by atoms with Crippen LogP contribution in [-0.2, 0) is 0 Å². The number of anilines is 1. The topological polar surface area (TPSA) is 81.8 Å². The first-order valence-corrected chi connectivity index (χ1v) is 4.77. The van der Waals surface area contributed by atoms with Crippen molar-refractivity contribution in [1.29, 1.82) is 5.26 Å². The van der Waals surface area contributed by atoms with Crippen molar-refractivity contribution in [3.8, 4) is 6.07 Å². The summed E-state index contributed by atoms with van der Waals surface area (Å²) in [6, 6.07) is 2.01. The molecule has 0 aromatic carbocycles. The van der Waals surface area contributed by atoms with Crippen molar-refractivity contribution in [2.45, 2.75) is 19.9 Å². The average Bonchev–Trinajstić information content (AvgIpc) is 2.29. The maximum Gasteiger partial charge on any atom is 0.158 e. The minimum Gasteiger partial charge on any atom is -0.396 e. The molecule has 2 N–H and O–H groups in total. The molecule has 1 aromatic heterocycles. The van der Waals surface area contributed by atoms with Gasteiger partial charge in [-0.15, -0.1) is 0 Å². The number of nitrogens with zero attached hydrogens (tertiary/aromatic N) is 3. The third-order valence-corrected chi connectivity index (χ3v) is 2.28. The van der Waals surface area contributed by atoms with Crippen molar-refractivity contribution >= 4 is 5.82 Å². The molecule has 1 heterocycles. The first-order chi connectivity index (χ1) is 7.17. The summed E-state index contributed by atoms with van der Waals surface area (Å²) < 4.78 is 0. The van der Waals surface area contributed by atoms with Crippen LogP contribution in [0.25, 0.3) is 0 Å². The number of nitrogens with one attached hydrogen (secondary N) is 1. The summed E-state index contributed by atoms with van der Waals surface area (Å²) in [6.07, 6.45) is 2.93. The molecule has 0 spiro atoms. The Morgan fingerprint density at radius 3 is 2.67 bits per heavy atom. The van der Waals surface area contributed by atoms with Crippen LogP contribution in [0.15, 0.2) is 12.4 Å². The third-order valence-electron chi connectivity index (χ3n) is 2.28. The van der Waals surface area contributed by atoms with E-state index >= 15 is 0 Å². The summed E-state index contributed by atoms with van der Waals surface area (Å²) in [4.78, 5) is 7.92. The Morgan fingerprint density at radius 1 is 1.47 bits per heavy atom. The lowest BCUT2D eigenvalue weighted by Gasteiger charge is -2.19. The van der Waals surface area contributed by atoms with Crippen LogP contribution < -0.4 is 5.32 Å². The van der Waals surface area contributed by atoms with E-state index in [9.17, 15) is 0 Å². The minimum atomic E-state index is 0.109. The molecule has 0 saturated carbocycles. The Balaban J connectivity index is 2.61. The number of aliphatic hydroxyl groups excluding tert-OH is 1. The molecule has 1 aromatic rings. The number of rotatable bonds is 4. The zero-order valence-corrected chi connectivity index (χ0v) is 8.81. The molecule has 0 saturated heterocycles. The lowest BCUT2D eigenvalue weighted by molar-refractivity contribution is 0.226. The predicted molar refractivity (Wildman–Crippen MR) is 56.1 cm³/mol. The number of hydrogen-bond donors (Lipinski definition) is 2. The summed E-state index contributed by atoms with van der Waals surface area (Å²) in [5.41, 5.74) is 0.295. The Hall–Kier alpha value is -1.67. The molecular formula is C10H14N4O. The van der Waals surface area contributed by atoms with Crippen LogP contribution in [0.2, 0.25) is 0 Å². The summed E-state index contributed by atoms with van der Waals surface area (Å²) in [5, 5.41) is 20.6. The number of hydrogen-bond acceptors (Lipinski definition) is 5. The molecule has 0 amide bonds. The minimum absolute atomic E-state index is 0.109. The second kappa shape index (κ2) is 5.27. The van der Waals surface area contributed by atoms with Crippen LogP contribution in [0.4, 0.5) is 5.82 Å². The van der Waals surface area contributed by atoms with Crippen LogP contribution in [0.5, 0.6) is 0 Å². The van der Waals surface area contributed by atoms with E-state index in [4.69, 9.17) is 10.4 Å². The summed E-state index contributed by atoms with van der Waals surface area (Å²) in [7, 11) is 0. The zero-order chi connectivity index (χ0) is 11.3. The highest BCUT2D eigenvalue weighted by molar-refractivity contribution is 5.34. The number of nitriles is 1. The fraction of sp³-hybridized carbons (Fsp3) is 0.500. The molecule has 2 unspecified atom stereocenters. The second-order valence-corrected chi connectivity index (χ2v) is 3.49. The molecule has 2 atom stereocenters. The summed E-state index contributed by atoms with van der Waals surface area (Å²) in [6.45, 7) is 4.02. The van der Waals surface area contributed by atoms with Crippen molar-refractivity contribution in [1.82, 2.24) is 9.97 Å². The van der Waals surface area contributed by atoms with E-state index in [1.807, 2.05) is 19.9 Å². The van der Waals surface area contributed by atoms with Crippen molar-refractivity contribution in [3.63, 3.8) is 0 Å². The lowest BCUT2D eigenvalue weighted by Crippen LogP contribution is -2.26. The van der Waals surface area contributed by atoms with Gasteiger partial charge in [0.25, 0.3) is 0 Å². The Morgan fingerprint density at radius 2 is 2.20 bits per heavy atom. The maximum absolute atomic E-state index is 8.95. The van der Waals surface area contributed by atoms with E-state index in [-0.39, 0.29) is 18.6 Å². The summed E-state index contributed by atoms with van der Waals surface area (Å²) in [5.74, 6) is 0.754. The van der Waals surface area contributed by atoms with Gasteiger partial charge in [-0.05, 0) is 12.8 Å². The molecule has 0 bridgehead atoms. The molecule has 5 nitrogen and oxygen atoms in total. The first kappa shape index (κ1) is 11.4. The monoisotopic (exact) mass is 206 g/mol. The van der Waals surface area contributed by atoms with Gasteiger partial charge in [-0.25, -0.2) is 9.97 Å². The molecule has 1 rings (SSSR count). The van der Waals surface area contributed by atoms with E-state index in [2.05, 4.69) is 15.3 Å². The molecule has 0 radical (unpaired) electrons. The SMILES string of the molecule is CC(CO)C(C)Nc1cnc(C#N)cn1. The van der Waals surface area contributed by atoms with Crippen LogP contribution in [0.1, 0.15) is 19.5 Å². The number of aromatic nitrogens is 2. The van der Waals surface area contributed by atoms with Gasteiger partial charge in [0, 0.05) is 12.6 Å². The molecular weight excluding hydrogens is 192 g/mol. The van der Waals surface area contributed by atoms with Gasteiger partial charge in [-0.1, -0.05) is 6.92 Å². The highest BCUT2D eigenvalue weighted by atomic mass is 16.3. The van der Waals surface area contributed by atoms with Crippen molar-refractivity contribution in [2.75, 3.05) is 11.9 Å². The normalized spacial score (nSPS) is 14.0. The Labute approximate surface area is 88.8 Å². The van der Waals surface area contributed by atoms with Crippen LogP contribution >= 0.6 is 0 Å². The highest BCUT2D eigenvalue weighted by Gasteiger charge is 2.11. The number of aliphatic hydroxyl groups is 1. The Kier molecular flexibility index (Phi) is 4.01. The fourth-order valence-electron chi connectivity index (χ4n) is 0.994. The molecule has 5 heteroatoms. The van der Waals surface area contributed by atoms with Crippen molar-refractivity contribution < 1.29 is 5.11 Å². The van der Waals surface area contributed by atoms with Crippen LogP contribution in [-0.4, -0.2) is 27.7 Å². The molecule has 15 heavy (non-hydrogen) atoms. The second-order valence-electron chi connectivity index (χ2n) is 3.49. The van der Waals surface area contributed by atoms with Gasteiger partial charge in [0.05, 0.1) is 12.4 Å². The highest BCUT2D eigenvalue weighted by Crippen LogP contribution is 2.08. The van der Waals surface area contributed by atoms with Gasteiger partial charge in [-0.2, -0.15) is 5.26 Å². The third kappa shape index (κ3) is 3.18. The van der Waals surface area contributed by atoms with Gasteiger partial charge in [0.1, 0.15) is 11.9 Å². The van der Waals surface area contributed by atoms with E-state index in [0.717, 1.165) is 0 Å².